The Morgan fingerprint density at radius 2 is 1.09 bits per heavy atom. The predicted octanol–water partition coefficient (Wildman–Crippen LogP) is 7.94. The summed E-state index contributed by atoms with van der Waals surface area (Å²) < 4.78 is 0. The molecule has 0 aromatic carbocycles. The molecule has 44 heavy (non-hydrogen) atoms. The average molecular weight is 599 g/mol. The van der Waals surface area contributed by atoms with Crippen LogP contribution in [0.4, 0.5) is 0 Å². The number of hydrogen-bond acceptors (Lipinski definition) is 4. The van der Waals surface area contributed by atoms with E-state index in [1.165, 1.54) is 0 Å². The van der Waals surface area contributed by atoms with Gasteiger partial charge in [0, 0.05) is 11.0 Å². The molecule has 2 aliphatic rings. The molecule has 4 N–H and O–H groups in total. The maximum atomic E-state index is 10.3. The highest BCUT2D eigenvalue weighted by atomic mass is 16.3. The molecule has 4 heteroatoms. The maximum absolute atomic E-state index is 10.3. The lowest BCUT2D eigenvalue weighted by molar-refractivity contribution is 0.00685. The highest BCUT2D eigenvalue weighted by Crippen LogP contribution is 2.41. The van der Waals surface area contributed by atoms with Gasteiger partial charge in [-0.05, 0) is 82.1 Å². The van der Waals surface area contributed by atoms with Gasteiger partial charge in [-0.1, -0.05) is 129 Å². The van der Waals surface area contributed by atoms with E-state index in [0.717, 1.165) is 44.6 Å². The van der Waals surface area contributed by atoms with Crippen molar-refractivity contribution >= 4 is 0 Å². The third-order valence-corrected chi connectivity index (χ3v) is 8.43. The van der Waals surface area contributed by atoms with Crippen molar-refractivity contribution in [1.29, 1.82) is 0 Å². The van der Waals surface area contributed by atoms with Crippen LogP contribution < -0.4 is 0 Å². The van der Waals surface area contributed by atoms with Crippen molar-refractivity contribution in [2.75, 3.05) is 0 Å². The molecule has 0 heterocycles. The number of rotatable bonds is 8. The zero-order valence-electron chi connectivity index (χ0n) is 28.4. The maximum Gasteiger partial charge on any atom is 0.102 e. The van der Waals surface area contributed by atoms with Gasteiger partial charge in [-0.25, -0.2) is 0 Å². The Bertz CT molecular complexity index is 1420. The highest BCUT2D eigenvalue weighted by Gasteiger charge is 2.38. The van der Waals surface area contributed by atoms with Crippen molar-refractivity contribution in [3.8, 4) is 11.8 Å². The summed E-state index contributed by atoms with van der Waals surface area (Å²) >= 11 is 0. The Morgan fingerprint density at radius 1 is 0.636 bits per heavy atom. The molecule has 238 valence electrons. The molecule has 0 spiro atoms. The first-order valence-electron chi connectivity index (χ1n) is 15.5. The molecule has 0 aliphatic heterocycles. The van der Waals surface area contributed by atoms with E-state index >= 15 is 0 Å². The van der Waals surface area contributed by atoms with Crippen molar-refractivity contribution in [1.82, 2.24) is 0 Å². The van der Waals surface area contributed by atoms with Crippen LogP contribution >= 0.6 is 0 Å². The molecule has 0 fully saturated rings. The van der Waals surface area contributed by atoms with Crippen LogP contribution in [0, 0.1) is 22.7 Å². The summed E-state index contributed by atoms with van der Waals surface area (Å²) in [5.41, 5.74) is 7.41. The lowest BCUT2D eigenvalue weighted by Crippen LogP contribution is -2.39. The van der Waals surface area contributed by atoms with Gasteiger partial charge in [0.05, 0.1) is 12.2 Å². The molecule has 0 aromatic rings. The molecule has 2 rings (SSSR count). The fraction of sp³-hybridized carbons (Fsp3) is 0.450. The monoisotopic (exact) mass is 598 g/mol. The van der Waals surface area contributed by atoms with Crippen molar-refractivity contribution in [3.63, 3.8) is 0 Å². The van der Waals surface area contributed by atoms with Gasteiger partial charge in [0.2, 0.25) is 0 Å². The van der Waals surface area contributed by atoms with Crippen LogP contribution in [0.25, 0.3) is 0 Å². The summed E-state index contributed by atoms with van der Waals surface area (Å²) in [5, 5.41) is 40.7. The second kappa shape index (κ2) is 16.2. The van der Waals surface area contributed by atoms with Gasteiger partial charge in [-0.3, -0.25) is 0 Å². The minimum Gasteiger partial charge on any atom is -0.390 e. The largest absolute Gasteiger partial charge is 0.390 e. The van der Waals surface area contributed by atoms with Gasteiger partial charge >= 0.3 is 0 Å². The lowest BCUT2D eigenvalue weighted by atomic mass is 9.70. The molecular weight excluding hydrogens is 544 g/mol. The van der Waals surface area contributed by atoms with Crippen LogP contribution in [0.15, 0.2) is 117 Å². The topological polar surface area (TPSA) is 80.9 Å². The van der Waals surface area contributed by atoms with E-state index in [1.807, 2.05) is 64.2 Å². The Balaban J connectivity index is 1.96. The zero-order chi connectivity index (χ0) is 33.2. The van der Waals surface area contributed by atoms with E-state index in [9.17, 15) is 20.4 Å². The third-order valence-electron chi connectivity index (χ3n) is 8.43. The summed E-state index contributed by atoms with van der Waals surface area (Å²) in [6, 6.07) is 0. The number of aliphatic hydroxyl groups excluding tert-OH is 4. The van der Waals surface area contributed by atoms with E-state index in [1.54, 1.807) is 0 Å². The first kappa shape index (κ1) is 37.0. The molecule has 0 radical (unpaired) electrons. The molecule has 0 saturated carbocycles. The van der Waals surface area contributed by atoms with Crippen molar-refractivity contribution < 1.29 is 20.4 Å². The van der Waals surface area contributed by atoms with Crippen molar-refractivity contribution in [2.24, 2.45) is 10.8 Å². The second-order valence-corrected chi connectivity index (χ2v) is 13.6. The van der Waals surface area contributed by atoms with E-state index in [-0.39, 0.29) is 10.8 Å². The summed E-state index contributed by atoms with van der Waals surface area (Å²) in [4.78, 5) is 0. The Labute approximate surface area is 266 Å². The fourth-order valence-electron chi connectivity index (χ4n) is 5.75. The van der Waals surface area contributed by atoms with E-state index in [2.05, 4.69) is 89.8 Å². The second-order valence-electron chi connectivity index (χ2n) is 13.6. The average Bonchev–Trinajstić information content (AvgIpc) is 2.92. The minimum atomic E-state index is -0.850. The van der Waals surface area contributed by atoms with Crippen LogP contribution in [0.2, 0.25) is 0 Å². The van der Waals surface area contributed by atoms with Gasteiger partial charge in [0.15, 0.2) is 0 Å². The van der Waals surface area contributed by atoms with Crippen LogP contribution in [0.1, 0.15) is 82.1 Å². The summed E-state index contributed by atoms with van der Waals surface area (Å²) in [7, 11) is 0. The SMILES string of the molecule is CC(C#CC1=C(C)C(O)C(O)CC1(C)C)=CC=CC(C)=CC=CC=C(C)C=CC=C(C)C=CC1=C(C)C(O)C(O)CC1(C)C. The van der Waals surface area contributed by atoms with Gasteiger partial charge < -0.3 is 20.4 Å². The molecule has 0 amide bonds. The Kier molecular flexibility index (Phi) is 13.6. The summed E-state index contributed by atoms with van der Waals surface area (Å²) in [6.45, 7) is 20.2. The van der Waals surface area contributed by atoms with Crippen molar-refractivity contribution in [3.05, 3.63) is 117 Å². The van der Waals surface area contributed by atoms with E-state index in [0.29, 0.717) is 12.8 Å². The van der Waals surface area contributed by atoms with Crippen LogP contribution in [0.5, 0.6) is 0 Å². The molecule has 2 aliphatic carbocycles. The highest BCUT2D eigenvalue weighted by molar-refractivity contribution is 5.46. The summed E-state index contributed by atoms with van der Waals surface area (Å²) in [5.74, 6) is 6.44. The van der Waals surface area contributed by atoms with Gasteiger partial charge in [0.1, 0.15) is 12.2 Å². The molecule has 4 unspecified atom stereocenters. The summed E-state index contributed by atoms with van der Waals surface area (Å²) in [6.07, 6.45) is 22.4. The standard InChI is InChI=1S/C40H54O4/c1-27(17-13-19-29(3)21-23-33-31(5)37(43)35(41)25-39(33,7)8)15-11-12-16-28(2)18-14-20-30(4)22-24-34-32(6)38(44)36(42)26-40(34,9)10/h11-21,23,35-38,41-44H,25-26H2,1-10H3. The number of aliphatic hydroxyl groups is 4. The molecule has 0 bridgehead atoms. The first-order chi connectivity index (χ1) is 20.5. The smallest absolute Gasteiger partial charge is 0.102 e. The van der Waals surface area contributed by atoms with E-state index < -0.39 is 24.4 Å². The third kappa shape index (κ3) is 10.8. The zero-order valence-corrected chi connectivity index (χ0v) is 28.4. The minimum absolute atomic E-state index is 0.185. The van der Waals surface area contributed by atoms with E-state index in [4.69, 9.17) is 0 Å². The van der Waals surface area contributed by atoms with Crippen molar-refractivity contribution in [2.45, 2.75) is 106 Å². The molecule has 4 atom stereocenters. The number of hydrogen-bond donors (Lipinski definition) is 4. The van der Waals surface area contributed by atoms with Crippen LogP contribution in [0.3, 0.4) is 0 Å². The first-order valence-corrected chi connectivity index (χ1v) is 15.5. The van der Waals surface area contributed by atoms with Crippen LogP contribution in [-0.4, -0.2) is 44.8 Å². The molecular formula is C40H54O4. The lowest BCUT2D eigenvalue weighted by Gasteiger charge is -2.38. The molecule has 0 saturated heterocycles. The van der Waals surface area contributed by atoms with Gasteiger partial charge in [-0.15, -0.1) is 0 Å². The number of allylic oxidation sites excluding steroid dienone is 18. The van der Waals surface area contributed by atoms with Gasteiger partial charge in [-0.2, -0.15) is 0 Å². The fourth-order valence-corrected chi connectivity index (χ4v) is 5.75. The molecule has 0 aromatic heterocycles. The Morgan fingerprint density at radius 3 is 1.66 bits per heavy atom. The molecule has 4 nitrogen and oxygen atoms in total. The van der Waals surface area contributed by atoms with Gasteiger partial charge in [0.25, 0.3) is 0 Å². The quantitative estimate of drug-likeness (QED) is 0.169. The van der Waals surface area contributed by atoms with Crippen LogP contribution in [-0.2, 0) is 0 Å². The normalized spacial score (nSPS) is 27.3. The Hall–Kier alpha value is -3.20. The predicted molar refractivity (Wildman–Crippen MR) is 186 cm³/mol.